The minimum absolute atomic E-state index is 0.224. The smallest absolute Gasteiger partial charge is 0.273 e. The van der Waals surface area contributed by atoms with Gasteiger partial charge in [-0.25, -0.2) is 0 Å². The molecule has 0 aliphatic heterocycles. The van der Waals surface area contributed by atoms with Crippen molar-refractivity contribution in [2.75, 3.05) is 5.32 Å². The molecule has 0 atom stereocenters. The van der Waals surface area contributed by atoms with Crippen LogP contribution in [0.25, 0.3) is 22.0 Å². The first kappa shape index (κ1) is 14.6. The first-order chi connectivity index (χ1) is 11.7. The number of nitrogens with one attached hydrogen (secondary N) is 2. The quantitative estimate of drug-likeness (QED) is 0.588. The van der Waals surface area contributed by atoms with Crippen molar-refractivity contribution >= 4 is 33.8 Å². The largest absolute Gasteiger partial charge is 0.321 e. The molecule has 0 saturated carbocycles. The van der Waals surface area contributed by atoms with E-state index in [-0.39, 0.29) is 5.91 Å². The number of H-pyrrole nitrogens is 1. The Balaban J connectivity index is 1.69. The number of hydrogen-bond acceptors (Lipinski definition) is 4. The molecule has 0 radical (unpaired) electrons. The normalized spacial score (nSPS) is 10.9. The summed E-state index contributed by atoms with van der Waals surface area (Å²) >= 11 is 1.67. The number of benzene rings is 1. The highest BCUT2D eigenvalue weighted by atomic mass is 32.1. The third-order valence-electron chi connectivity index (χ3n) is 3.84. The molecule has 2 N–H and O–H groups in total. The predicted octanol–water partition coefficient (Wildman–Crippen LogP) is 4.25. The van der Waals surface area contributed by atoms with Crippen LogP contribution in [0.4, 0.5) is 5.69 Å². The van der Waals surface area contributed by atoms with Gasteiger partial charge >= 0.3 is 0 Å². The van der Waals surface area contributed by atoms with Crippen molar-refractivity contribution in [1.29, 1.82) is 0 Å². The van der Waals surface area contributed by atoms with Crippen molar-refractivity contribution in [2.24, 2.45) is 0 Å². The second-order valence-corrected chi connectivity index (χ2v) is 6.25. The Kier molecular flexibility index (Phi) is 3.59. The van der Waals surface area contributed by atoms with Gasteiger partial charge in [-0.1, -0.05) is 6.07 Å². The van der Waals surface area contributed by atoms with E-state index in [1.54, 1.807) is 23.6 Å². The number of pyridine rings is 1. The average Bonchev–Trinajstić information content (AvgIpc) is 3.28. The lowest BCUT2D eigenvalue weighted by atomic mass is 10.0. The molecule has 0 saturated heterocycles. The first-order valence-electron chi connectivity index (χ1n) is 7.45. The predicted molar refractivity (Wildman–Crippen MR) is 96.3 cm³/mol. The van der Waals surface area contributed by atoms with Crippen molar-refractivity contribution in [3.8, 4) is 11.1 Å². The van der Waals surface area contributed by atoms with E-state index in [0.29, 0.717) is 11.4 Å². The number of rotatable bonds is 3. The summed E-state index contributed by atoms with van der Waals surface area (Å²) in [6.45, 7) is 2.00. The Bertz CT molecular complexity index is 1010. The number of thiophene rings is 1. The van der Waals surface area contributed by atoms with Gasteiger partial charge < -0.3 is 5.32 Å². The van der Waals surface area contributed by atoms with Crippen LogP contribution in [0, 0.1) is 6.92 Å². The molecule has 3 aromatic heterocycles. The van der Waals surface area contributed by atoms with E-state index >= 15 is 0 Å². The highest BCUT2D eigenvalue weighted by molar-refractivity contribution is 7.08. The van der Waals surface area contributed by atoms with Crippen LogP contribution in [0.15, 0.2) is 53.4 Å². The molecular formula is C18H14N4OS. The molecule has 4 rings (SSSR count). The Labute approximate surface area is 142 Å². The fourth-order valence-corrected chi connectivity index (χ4v) is 3.29. The van der Waals surface area contributed by atoms with Crippen molar-refractivity contribution in [3.05, 3.63) is 64.7 Å². The number of anilines is 1. The van der Waals surface area contributed by atoms with Crippen molar-refractivity contribution in [3.63, 3.8) is 0 Å². The maximum atomic E-state index is 12.1. The molecule has 6 heteroatoms. The average molecular weight is 334 g/mol. The van der Waals surface area contributed by atoms with Gasteiger partial charge in [0.15, 0.2) is 0 Å². The first-order valence-corrected chi connectivity index (χ1v) is 8.40. The molecule has 0 unspecified atom stereocenters. The van der Waals surface area contributed by atoms with Gasteiger partial charge in [0.2, 0.25) is 0 Å². The number of carbonyl (C=O) groups excluding carboxylic acids is 1. The topological polar surface area (TPSA) is 70.7 Å². The third kappa shape index (κ3) is 2.68. The van der Waals surface area contributed by atoms with E-state index in [0.717, 1.165) is 22.2 Å². The number of amides is 1. The van der Waals surface area contributed by atoms with Crippen LogP contribution in [0.2, 0.25) is 0 Å². The molecule has 1 amide bonds. The van der Waals surface area contributed by atoms with Gasteiger partial charge in [-0.2, -0.15) is 16.4 Å². The molecule has 0 spiro atoms. The van der Waals surface area contributed by atoms with E-state index in [1.807, 2.05) is 25.1 Å². The lowest BCUT2D eigenvalue weighted by Crippen LogP contribution is -2.12. The summed E-state index contributed by atoms with van der Waals surface area (Å²) in [6.07, 6.45) is 1.55. The van der Waals surface area contributed by atoms with Gasteiger partial charge in [0.25, 0.3) is 5.91 Å². The highest BCUT2D eigenvalue weighted by Gasteiger charge is 2.10. The molecule has 24 heavy (non-hydrogen) atoms. The number of aromatic amines is 1. The Morgan fingerprint density at radius 3 is 2.88 bits per heavy atom. The number of nitrogens with zero attached hydrogens (tertiary/aromatic N) is 2. The molecule has 0 aliphatic carbocycles. The molecule has 3 heterocycles. The fraction of sp³-hybridized carbons (Fsp3) is 0.0556. The number of carbonyl (C=O) groups is 1. The number of aryl methyl sites for hydroxylation is 1. The molecule has 0 aliphatic rings. The van der Waals surface area contributed by atoms with Crippen molar-refractivity contribution < 1.29 is 4.79 Å². The van der Waals surface area contributed by atoms with Crippen LogP contribution in [0.5, 0.6) is 0 Å². The van der Waals surface area contributed by atoms with Gasteiger partial charge in [-0.15, -0.1) is 0 Å². The van der Waals surface area contributed by atoms with E-state index < -0.39 is 0 Å². The minimum Gasteiger partial charge on any atom is -0.321 e. The fourth-order valence-electron chi connectivity index (χ4n) is 2.63. The molecular weight excluding hydrogens is 320 g/mol. The lowest BCUT2D eigenvalue weighted by Gasteiger charge is -2.08. The molecule has 1 aromatic carbocycles. The third-order valence-corrected chi connectivity index (χ3v) is 4.53. The maximum absolute atomic E-state index is 12.1. The standard InChI is InChI=1S/C18H14N4OS/c1-11-15(13-5-7-24-10-13)8-12-2-3-14(9-17(12)20-11)21-18(23)16-4-6-19-22-16/h2-10H,1H3,(H,19,22)(H,21,23). The van der Waals surface area contributed by atoms with Crippen LogP contribution in [0.1, 0.15) is 16.2 Å². The maximum Gasteiger partial charge on any atom is 0.273 e. The summed E-state index contributed by atoms with van der Waals surface area (Å²) in [6, 6.07) is 11.6. The van der Waals surface area contributed by atoms with E-state index in [1.165, 1.54) is 5.56 Å². The molecule has 0 fully saturated rings. The number of hydrogen-bond donors (Lipinski definition) is 2. The van der Waals surface area contributed by atoms with E-state index in [4.69, 9.17) is 4.98 Å². The van der Waals surface area contributed by atoms with Crippen LogP contribution in [-0.2, 0) is 0 Å². The van der Waals surface area contributed by atoms with Gasteiger partial charge in [0.05, 0.1) is 5.52 Å². The second kappa shape index (κ2) is 5.90. The van der Waals surface area contributed by atoms with Gasteiger partial charge in [0.1, 0.15) is 5.69 Å². The summed E-state index contributed by atoms with van der Waals surface area (Å²) in [5.41, 5.74) is 5.28. The van der Waals surface area contributed by atoms with Gasteiger partial charge in [0, 0.05) is 28.5 Å². The Hall–Kier alpha value is -2.99. The Morgan fingerprint density at radius 2 is 2.12 bits per heavy atom. The SMILES string of the molecule is Cc1nc2cc(NC(=O)c3ccn[nH]3)ccc2cc1-c1ccsc1. The summed E-state index contributed by atoms with van der Waals surface area (Å²) in [4.78, 5) is 16.8. The molecule has 5 nitrogen and oxygen atoms in total. The minimum atomic E-state index is -0.224. The van der Waals surface area contributed by atoms with Crippen molar-refractivity contribution in [2.45, 2.75) is 6.92 Å². The summed E-state index contributed by atoms with van der Waals surface area (Å²) in [5.74, 6) is -0.224. The lowest BCUT2D eigenvalue weighted by molar-refractivity contribution is 0.102. The van der Waals surface area contributed by atoms with Crippen LogP contribution in [-0.4, -0.2) is 21.1 Å². The van der Waals surface area contributed by atoms with E-state index in [2.05, 4.69) is 38.4 Å². The number of aromatic nitrogens is 3. The van der Waals surface area contributed by atoms with Crippen LogP contribution < -0.4 is 5.32 Å². The monoisotopic (exact) mass is 334 g/mol. The zero-order chi connectivity index (χ0) is 16.5. The van der Waals surface area contributed by atoms with Gasteiger partial charge in [-0.3, -0.25) is 14.9 Å². The van der Waals surface area contributed by atoms with E-state index in [9.17, 15) is 4.79 Å². The van der Waals surface area contributed by atoms with Gasteiger partial charge in [-0.05, 0) is 53.6 Å². The second-order valence-electron chi connectivity index (χ2n) is 5.47. The number of fused-ring (bicyclic) bond motifs is 1. The highest BCUT2D eigenvalue weighted by Crippen LogP contribution is 2.29. The van der Waals surface area contributed by atoms with Crippen LogP contribution >= 0.6 is 11.3 Å². The van der Waals surface area contributed by atoms with Crippen LogP contribution in [0.3, 0.4) is 0 Å². The summed E-state index contributed by atoms with van der Waals surface area (Å²) in [5, 5.41) is 14.5. The molecule has 118 valence electrons. The Morgan fingerprint density at radius 1 is 1.21 bits per heavy atom. The molecule has 0 bridgehead atoms. The van der Waals surface area contributed by atoms with Crippen molar-refractivity contribution in [1.82, 2.24) is 15.2 Å². The summed E-state index contributed by atoms with van der Waals surface area (Å²) < 4.78 is 0. The zero-order valence-electron chi connectivity index (χ0n) is 12.9. The molecule has 4 aromatic rings. The summed E-state index contributed by atoms with van der Waals surface area (Å²) in [7, 11) is 0. The zero-order valence-corrected chi connectivity index (χ0v) is 13.7.